The van der Waals surface area contributed by atoms with Crippen molar-refractivity contribution in [3.05, 3.63) is 64.6 Å². The van der Waals surface area contributed by atoms with Gasteiger partial charge in [-0.05, 0) is 43.7 Å². The molecule has 0 radical (unpaired) electrons. The highest BCUT2D eigenvalue weighted by atomic mass is 79.9. The van der Waals surface area contributed by atoms with E-state index in [1.165, 1.54) is 0 Å². The summed E-state index contributed by atoms with van der Waals surface area (Å²) in [4.78, 5) is 28.0. The summed E-state index contributed by atoms with van der Waals surface area (Å²) in [5, 5.41) is 2.81. The van der Waals surface area contributed by atoms with Crippen molar-refractivity contribution in [3.63, 3.8) is 0 Å². The molecule has 0 heterocycles. The summed E-state index contributed by atoms with van der Waals surface area (Å²) in [5.74, 6) is 0.536. The van der Waals surface area contributed by atoms with E-state index in [9.17, 15) is 9.59 Å². The van der Waals surface area contributed by atoms with Crippen molar-refractivity contribution in [1.29, 1.82) is 0 Å². The molecule has 4 nitrogen and oxygen atoms in total. The third kappa shape index (κ3) is 7.03. The molecular formula is C21H25BrN2O2S. The summed E-state index contributed by atoms with van der Waals surface area (Å²) in [7, 11) is 0. The molecule has 6 heteroatoms. The van der Waals surface area contributed by atoms with E-state index in [0.717, 1.165) is 14.9 Å². The van der Waals surface area contributed by atoms with Gasteiger partial charge in [0, 0.05) is 34.6 Å². The highest BCUT2D eigenvalue weighted by Gasteiger charge is 2.25. The first kappa shape index (κ1) is 21.5. The molecule has 0 saturated carbocycles. The summed E-state index contributed by atoms with van der Waals surface area (Å²) >= 11 is 5.11. The second kappa shape index (κ2) is 11.1. The first-order valence-electron chi connectivity index (χ1n) is 9.00. The largest absolute Gasteiger partial charge is 0.355 e. The predicted molar refractivity (Wildman–Crippen MR) is 115 cm³/mol. The number of halogens is 1. The molecule has 0 aromatic heterocycles. The van der Waals surface area contributed by atoms with Gasteiger partial charge in [0.25, 0.3) is 0 Å². The molecule has 2 rings (SSSR count). The van der Waals surface area contributed by atoms with Crippen LogP contribution in [-0.2, 0) is 16.1 Å². The molecule has 0 saturated heterocycles. The minimum atomic E-state index is -0.516. The number of thioether (sulfide) groups is 1. The lowest BCUT2D eigenvalue weighted by Crippen LogP contribution is -2.47. The maximum absolute atomic E-state index is 12.9. The van der Waals surface area contributed by atoms with Gasteiger partial charge in [-0.25, -0.2) is 0 Å². The van der Waals surface area contributed by atoms with E-state index in [1.54, 1.807) is 23.6 Å². The Labute approximate surface area is 173 Å². The summed E-state index contributed by atoms with van der Waals surface area (Å²) in [6.45, 7) is 4.62. The van der Waals surface area contributed by atoms with E-state index in [4.69, 9.17) is 0 Å². The van der Waals surface area contributed by atoms with Crippen LogP contribution in [0.3, 0.4) is 0 Å². The molecule has 2 aromatic carbocycles. The molecule has 0 fully saturated rings. The third-order valence-electron chi connectivity index (χ3n) is 4.09. The molecule has 0 unspecified atom stereocenters. The van der Waals surface area contributed by atoms with Crippen molar-refractivity contribution in [2.75, 3.05) is 12.3 Å². The van der Waals surface area contributed by atoms with Gasteiger partial charge in [-0.15, -0.1) is 11.8 Å². The van der Waals surface area contributed by atoms with Gasteiger partial charge in [0.15, 0.2) is 0 Å². The van der Waals surface area contributed by atoms with Crippen LogP contribution >= 0.6 is 27.7 Å². The molecule has 27 heavy (non-hydrogen) atoms. The first-order chi connectivity index (χ1) is 13.0. The Morgan fingerprint density at radius 1 is 1.15 bits per heavy atom. The molecule has 1 atom stereocenters. The van der Waals surface area contributed by atoms with Crippen LogP contribution in [0, 0.1) is 0 Å². The molecule has 2 aromatic rings. The van der Waals surface area contributed by atoms with Crippen LogP contribution in [0.5, 0.6) is 0 Å². The Morgan fingerprint density at radius 2 is 1.89 bits per heavy atom. The van der Waals surface area contributed by atoms with Crippen LogP contribution < -0.4 is 5.32 Å². The van der Waals surface area contributed by atoms with Crippen molar-refractivity contribution in [2.24, 2.45) is 0 Å². The summed E-state index contributed by atoms with van der Waals surface area (Å²) in [5.41, 5.74) is 0.990. The predicted octanol–water partition coefficient (Wildman–Crippen LogP) is 4.48. The number of carbonyl (C=O) groups is 2. The van der Waals surface area contributed by atoms with Crippen LogP contribution in [0.25, 0.3) is 0 Å². The molecule has 144 valence electrons. The zero-order chi connectivity index (χ0) is 19.6. The summed E-state index contributed by atoms with van der Waals surface area (Å²) in [6, 6.07) is 17.3. The average Bonchev–Trinajstić information content (AvgIpc) is 2.66. The molecule has 0 bridgehead atoms. The number of hydrogen-bond donors (Lipinski definition) is 1. The van der Waals surface area contributed by atoms with Gasteiger partial charge in [-0.1, -0.05) is 46.3 Å². The van der Waals surface area contributed by atoms with Crippen molar-refractivity contribution in [1.82, 2.24) is 10.2 Å². The Hall–Kier alpha value is -1.79. The zero-order valence-electron chi connectivity index (χ0n) is 15.7. The SMILES string of the molecule is CCNC(=O)[C@@H](C)N(Cc1cccc(Br)c1)C(=O)CCSc1ccccc1. The standard InChI is InChI=1S/C21H25BrN2O2S/c1-3-23-21(26)16(2)24(15-17-8-7-9-18(22)14-17)20(25)12-13-27-19-10-5-4-6-11-19/h4-11,14,16H,3,12-13,15H2,1-2H3,(H,23,26)/t16-/m1/s1. The van der Waals surface area contributed by atoms with E-state index in [-0.39, 0.29) is 11.8 Å². The van der Waals surface area contributed by atoms with Crippen molar-refractivity contribution in [2.45, 2.75) is 37.8 Å². The Bertz CT molecular complexity index is 755. The van der Waals surface area contributed by atoms with Gasteiger partial charge in [-0.2, -0.15) is 0 Å². The normalized spacial score (nSPS) is 11.7. The number of amides is 2. The maximum atomic E-state index is 12.9. The third-order valence-corrected chi connectivity index (χ3v) is 5.60. The molecule has 0 aliphatic rings. The molecule has 2 amide bonds. The number of nitrogens with one attached hydrogen (secondary N) is 1. The van der Waals surface area contributed by atoms with Crippen molar-refractivity contribution >= 4 is 39.5 Å². The van der Waals surface area contributed by atoms with Gasteiger partial charge in [0.05, 0.1) is 0 Å². The van der Waals surface area contributed by atoms with E-state index in [2.05, 4.69) is 21.2 Å². The Kier molecular flexibility index (Phi) is 8.88. The maximum Gasteiger partial charge on any atom is 0.242 e. The number of nitrogens with zero attached hydrogens (tertiary/aromatic N) is 1. The van der Waals surface area contributed by atoms with Crippen LogP contribution in [-0.4, -0.2) is 35.1 Å². The lowest BCUT2D eigenvalue weighted by atomic mass is 10.1. The second-order valence-electron chi connectivity index (χ2n) is 6.13. The highest BCUT2D eigenvalue weighted by molar-refractivity contribution is 9.10. The molecular weight excluding hydrogens is 424 g/mol. The highest BCUT2D eigenvalue weighted by Crippen LogP contribution is 2.20. The lowest BCUT2D eigenvalue weighted by molar-refractivity contribution is -0.140. The Morgan fingerprint density at radius 3 is 2.56 bits per heavy atom. The fourth-order valence-electron chi connectivity index (χ4n) is 2.65. The van der Waals surface area contributed by atoms with E-state index in [0.29, 0.717) is 25.3 Å². The lowest BCUT2D eigenvalue weighted by Gasteiger charge is -2.28. The minimum absolute atomic E-state index is 0.0165. The first-order valence-corrected chi connectivity index (χ1v) is 10.8. The van der Waals surface area contributed by atoms with Crippen LogP contribution in [0.2, 0.25) is 0 Å². The number of benzene rings is 2. The summed E-state index contributed by atoms with van der Waals surface area (Å²) < 4.78 is 0.956. The molecule has 0 aliphatic carbocycles. The van der Waals surface area contributed by atoms with Gasteiger partial charge >= 0.3 is 0 Å². The fraction of sp³-hybridized carbons (Fsp3) is 0.333. The average molecular weight is 449 g/mol. The smallest absolute Gasteiger partial charge is 0.242 e. The monoisotopic (exact) mass is 448 g/mol. The van der Waals surface area contributed by atoms with Gasteiger partial charge in [0.2, 0.25) is 11.8 Å². The molecule has 0 spiro atoms. The minimum Gasteiger partial charge on any atom is -0.355 e. The fourth-order valence-corrected chi connectivity index (χ4v) is 3.96. The molecule has 1 N–H and O–H groups in total. The van der Waals surface area contributed by atoms with E-state index >= 15 is 0 Å². The topological polar surface area (TPSA) is 49.4 Å². The van der Waals surface area contributed by atoms with Crippen LogP contribution in [0.1, 0.15) is 25.8 Å². The van der Waals surface area contributed by atoms with Gasteiger partial charge in [-0.3, -0.25) is 9.59 Å². The van der Waals surface area contributed by atoms with E-state index < -0.39 is 6.04 Å². The quantitative estimate of drug-likeness (QED) is 0.575. The van der Waals surface area contributed by atoms with Crippen LogP contribution in [0.15, 0.2) is 64.0 Å². The van der Waals surface area contributed by atoms with Gasteiger partial charge in [0.1, 0.15) is 6.04 Å². The van der Waals surface area contributed by atoms with Crippen LogP contribution in [0.4, 0.5) is 0 Å². The second-order valence-corrected chi connectivity index (χ2v) is 8.22. The van der Waals surface area contributed by atoms with Crippen molar-refractivity contribution < 1.29 is 9.59 Å². The number of likely N-dealkylation sites (N-methyl/N-ethyl adjacent to an activating group) is 1. The number of hydrogen-bond acceptors (Lipinski definition) is 3. The van der Waals surface area contributed by atoms with Gasteiger partial charge < -0.3 is 10.2 Å². The van der Waals surface area contributed by atoms with Crippen molar-refractivity contribution in [3.8, 4) is 0 Å². The number of rotatable bonds is 9. The zero-order valence-corrected chi connectivity index (χ0v) is 18.1. The summed E-state index contributed by atoms with van der Waals surface area (Å²) in [6.07, 6.45) is 0.386. The number of carbonyl (C=O) groups excluding carboxylic acids is 2. The molecule has 0 aliphatic heterocycles. The van der Waals surface area contributed by atoms with E-state index in [1.807, 2.05) is 61.5 Å². The Balaban J connectivity index is 2.05.